The van der Waals surface area contributed by atoms with E-state index in [-0.39, 0.29) is 0 Å². The summed E-state index contributed by atoms with van der Waals surface area (Å²) in [5.41, 5.74) is 3.47. The van der Waals surface area contributed by atoms with Crippen LogP contribution in [0.2, 0.25) is 0 Å². The van der Waals surface area contributed by atoms with Crippen molar-refractivity contribution in [3.05, 3.63) is 70.2 Å². The second-order valence-corrected chi connectivity index (χ2v) is 5.98. The van der Waals surface area contributed by atoms with E-state index in [0.717, 1.165) is 27.5 Å². The van der Waals surface area contributed by atoms with E-state index in [4.69, 9.17) is 0 Å². The van der Waals surface area contributed by atoms with Crippen molar-refractivity contribution in [2.75, 3.05) is 5.32 Å². The normalized spacial score (nSPS) is 10.8. The molecular weight excluding hydrogens is 326 g/mol. The Hall–Kier alpha value is -2.00. The lowest BCUT2D eigenvalue weighted by Crippen LogP contribution is -2.01. The van der Waals surface area contributed by atoms with Crippen LogP contribution in [0, 0.1) is 6.92 Å². The molecule has 0 aromatic heterocycles. The summed E-state index contributed by atoms with van der Waals surface area (Å²) in [6, 6.07) is 17.8. The molecule has 21 heavy (non-hydrogen) atoms. The van der Waals surface area contributed by atoms with Gasteiger partial charge >= 0.3 is 0 Å². The molecule has 0 unspecified atom stereocenters. The molecule has 0 aliphatic carbocycles. The molecule has 2 nitrogen and oxygen atoms in total. The number of fused-ring (bicyclic) bond motifs is 1. The molecule has 0 amide bonds. The summed E-state index contributed by atoms with van der Waals surface area (Å²) in [5.74, 6) is 0.313. The van der Waals surface area contributed by atoms with E-state index in [1.807, 2.05) is 30.3 Å². The lowest BCUT2D eigenvalue weighted by molar-refractivity contribution is 0.481. The fourth-order valence-electron chi connectivity index (χ4n) is 2.43. The monoisotopic (exact) mass is 341 g/mol. The molecule has 0 radical (unpaired) electrons. The van der Waals surface area contributed by atoms with Gasteiger partial charge in [-0.05, 0) is 36.2 Å². The van der Waals surface area contributed by atoms with Gasteiger partial charge in [-0.25, -0.2) is 0 Å². The van der Waals surface area contributed by atoms with Crippen molar-refractivity contribution in [2.24, 2.45) is 0 Å². The Morgan fingerprint density at radius 3 is 2.57 bits per heavy atom. The fraction of sp³-hybridized carbons (Fsp3) is 0.111. The maximum Gasteiger partial charge on any atom is 0.123 e. The summed E-state index contributed by atoms with van der Waals surface area (Å²) < 4.78 is 1.11. The average molecular weight is 342 g/mol. The number of halogens is 1. The number of hydrogen-bond donors (Lipinski definition) is 2. The molecule has 0 aliphatic rings. The van der Waals surface area contributed by atoms with E-state index in [0.29, 0.717) is 5.75 Å². The van der Waals surface area contributed by atoms with Crippen molar-refractivity contribution in [1.82, 2.24) is 0 Å². The Labute approximate surface area is 132 Å². The highest BCUT2D eigenvalue weighted by atomic mass is 79.9. The molecular formula is C18H16BrNO. The molecule has 0 fully saturated rings. The van der Waals surface area contributed by atoms with Gasteiger partial charge in [0.25, 0.3) is 0 Å². The van der Waals surface area contributed by atoms with Crippen molar-refractivity contribution in [3.63, 3.8) is 0 Å². The van der Waals surface area contributed by atoms with Gasteiger partial charge in [0.05, 0.1) is 0 Å². The number of nitrogens with one attached hydrogen (secondary N) is 1. The molecule has 3 aromatic rings. The number of aryl methyl sites for hydroxylation is 1. The predicted molar refractivity (Wildman–Crippen MR) is 91.8 cm³/mol. The third kappa shape index (κ3) is 2.88. The van der Waals surface area contributed by atoms with Gasteiger partial charge in [0.1, 0.15) is 5.75 Å². The molecule has 0 spiro atoms. The maximum atomic E-state index is 9.92. The van der Waals surface area contributed by atoms with Gasteiger partial charge in [0, 0.05) is 27.5 Å². The Kier molecular flexibility index (Phi) is 3.84. The lowest BCUT2D eigenvalue weighted by Gasteiger charge is -2.12. The van der Waals surface area contributed by atoms with Crippen LogP contribution in [0.4, 0.5) is 5.69 Å². The first kappa shape index (κ1) is 14.0. The number of benzene rings is 3. The van der Waals surface area contributed by atoms with Crippen LogP contribution in [0.3, 0.4) is 0 Å². The number of aromatic hydroxyl groups is 1. The lowest BCUT2D eigenvalue weighted by atomic mass is 10.1. The minimum atomic E-state index is 0.313. The number of anilines is 1. The summed E-state index contributed by atoms with van der Waals surface area (Å²) >= 11 is 3.60. The zero-order valence-electron chi connectivity index (χ0n) is 11.7. The highest BCUT2D eigenvalue weighted by Gasteiger charge is 2.05. The summed E-state index contributed by atoms with van der Waals surface area (Å²) in [5, 5.41) is 15.3. The van der Waals surface area contributed by atoms with Gasteiger partial charge in [0.2, 0.25) is 0 Å². The Morgan fingerprint density at radius 2 is 1.76 bits per heavy atom. The topological polar surface area (TPSA) is 32.3 Å². The van der Waals surface area contributed by atoms with Crippen molar-refractivity contribution < 1.29 is 5.11 Å². The molecule has 3 aromatic carbocycles. The van der Waals surface area contributed by atoms with Crippen LogP contribution in [-0.2, 0) is 6.54 Å². The number of hydrogen-bond acceptors (Lipinski definition) is 2. The van der Waals surface area contributed by atoms with Crippen LogP contribution in [0.1, 0.15) is 11.1 Å². The Morgan fingerprint density at radius 1 is 1.00 bits per heavy atom. The van der Waals surface area contributed by atoms with Crippen LogP contribution < -0.4 is 5.32 Å². The average Bonchev–Trinajstić information content (AvgIpc) is 2.47. The number of phenols is 1. The van der Waals surface area contributed by atoms with Crippen molar-refractivity contribution in [3.8, 4) is 5.75 Å². The van der Waals surface area contributed by atoms with E-state index in [2.05, 4.69) is 46.4 Å². The van der Waals surface area contributed by atoms with Gasteiger partial charge in [-0.1, -0.05) is 52.3 Å². The van der Waals surface area contributed by atoms with E-state index in [1.165, 1.54) is 11.1 Å². The zero-order chi connectivity index (χ0) is 14.8. The van der Waals surface area contributed by atoms with Gasteiger partial charge in [-0.15, -0.1) is 0 Å². The first-order valence-electron chi connectivity index (χ1n) is 6.85. The minimum Gasteiger partial charge on any atom is -0.507 e. The molecule has 106 valence electrons. The molecule has 0 aliphatic heterocycles. The molecule has 0 heterocycles. The van der Waals surface area contributed by atoms with Crippen molar-refractivity contribution >= 4 is 32.4 Å². The molecule has 0 atom stereocenters. The van der Waals surface area contributed by atoms with Gasteiger partial charge in [-0.2, -0.15) is 0 Å². The summed E-state index contributed by atoms with van der Waals surface area (Å²) in [6.07, 6.45) is 0. The second-order valence-electron chi connectivity index (χ2n) is 5.13. The highest BCUT2D eigenvalue weighted by Crippen LogP contribution is 2.30. The van der Waals surface area contributed by atoms with Gasteiger partial charge in [-0.3, -0.25) is 0 Å². The Bertz CT molecular complexity index is 798. The smallest absolute Gasteiger partial charge is 0.123 e. The van der Waals surface area contributed by atoms with Crippen LogP contribution in [0.5, 0.6) is 5.75 Å². The van der Waals surface area contributed by atoms with Crippen molar-refractivity contribution in [2.45, 2.75) is 13.5 Å². The predicted octanol–water partition coefficient (Wildman–Crippen LogP) is 5.23. The third-order valence-corrected chi connectivity index (χ3v) is 4.32. The Balaban J connectivity index is 1.90. The highest BCUT2D eigenvalue weighted by molar-refractivity contribution is 9.10. The maximum absolute atomic E-state index is 9.92. The molecule has 0 bridgehead atoms. The van der Waals surface area contributed by atoms with E-state index < -0.39 is 0 Å². The quantitative estimate of drug-likeness (QED) is 0.683. The summed E-state index contributed by atoms with van der Waals surface area (Å²) in [6.45, 7) is 2.81. The summed E-state index contributed by atoms with van der Waals surface area (Å²) in [4.78, 5) is 0. The van der Waals surface area contributed by atoms with Crippen LogP contribution >= 0.6 is 15.9 Å². The number of phenolic OH excluding ortho intramolecular Hbond substituents is 1. The van der Waals surface area contributed by atoms with Gasteiger partial charge in [0.15, 0.2) is 0 Å². The first-order valence-corrected chi connectivity index (χ1v) is 7.64. The van der Waals surface area contributed by atoms with E-state index in [9.17, 15) is 5.11 Å². The van der Waals surface area contributed by atoms with Crippen LogP contribution in [-0.4, -0.2) is 5.11 Å². The van der Waals surface area contributed by atoms with Crippen molar-refractivity contribution in [1.29, 1.82) is 0 Å². The first-order chi connectivity index (χ1) is 10.1. The fourth-order valence-corrected chi connectivity index (χ4v) is 3.07. The van der Waals surface area contributed by atoms with Crippen LogP contribution in [0.15, 0.2) is 59.1 Å². The SMILES string of the molecule is Cc1ccc(CNc2cccc3c(O)cccc23)c(Br)c1. The molecule has 3 heteroatoms. The summed E-state index contributed by atoms with van der Waals surface area (Å²) in [7, 11) is 0. The second kappa shape index (κ2) is 5.78. The molecule has 2 N–H and O–H groups in total. The molecule has 0 saturated heterocycles. The molecule has 0 saturated carbocycles. The van der Waals surface area contributed by atoms with Gasteiger partial charge < -0.3 is 10.4 Å². The van der Waals surface area contributed by atoms with E-state index >= 15 is 0 Å². The third-order valence-electron chi connectivity index (χ3n) is 3.58. The van der Waals surface area contributed by atoms with E-state index in [1.54, 1.807) is 6.07 Å². The standard InChI is InChI=1S/C18H16BrNO/c1-12-8-9-13(16(19)10-12)11-20-17-6-2-5-15-14(17)4-3-7-18(15)21/h2-10,20-21H,11H2,1H3. The number of rotatable bonds is 3. The minimum absolute atomic E-state index is 0.313. The zero-order valence-corrected chi connectivity index (χ0v) is 13.3. The van der Waals surface area contributed by atoms with Crippen LogP contribution in [0.25, 0.3) is 10.8 Å². The molecule has 3 rings (SSSR count). The largest absolute Gasteiger partial charge is 0.507 e.